The number of anilines is 3. The van der Waals surface area contributed by atoms with Gasteiger partial charge in [-0.25, -0.2) is 4.98 Å². The molecule has 1 N–H and O–H groups in total. The SMILES string of the molecule is O=C(CN1C(=O)CSc2ccccc21)Nc1cccnc1N1CCCCC1. The van der Waals surface area contributed by atoms with Crippen molar-refractivity contribution in [1.82, 2.24) is 4.98 Å². The van der Waals surface area contributed by atoms with Crippen LogP contribution in [0.15, 0.2) is 47.5 Å². The van der Waals surface area contributed by atoms with E-state index in [0.29, 0.717) is 11.4 Å². The highest BCUT2D eigenvalue weighted by atomic mass is 32.2. The van der Waals surface area contributed by atoms with Crippen molar-refractivity contribution in [2.24, 2.45) is 0 Å². The number of piperidine rings is 1. The summed E-state index contributed by atoms with van der Waals surface area (Å²) in [6.07, 6.45) is 5.27. The number of aromatic nitrogens is 1. The summed E-state index contributed by atoms with van der Waals surface area (Å²) >= 11 is 1.51. The fourth-order valence-electron chi connectivity index (χ4n) is 3.51. The van der Waals surface area contributed by atoms with Gasteiger partial charge in [0.15, 0.2) is 5.82 Å². The maximum Gasteiger partial charge on any atom is 0.244 e. The van der Waals surface area contributed by atoms with Gasteiger partial charge < -0.3 is 15.1 Å². The van der Waals surface area contributed by atoms with E-state index in [-0.39, 0.29) is 18.4 Å². The molecule has 2 aliphatic rings. The van der Waals surface area contributed by atoms with Crippen LogP contribution < -0.4 is 15.1 Å². The van der Waals surface area contributed by atoms with Crippen molar-refractivity contribution in [2.75, 3.05) is 40.5 Å². The number of thioether (sulfide) groups is 1. The van der Waals surface area contributed by atoms with Gasteiger partial charge in [-0.3, -0.25) is 9.59 Å². The molecule has 3 heterocycles. The summed E-state index contributed by atoms with van der Waals surface area (Å²) in [5.74, 6) is 0.912. The lowest BCUT2D eigenvalue weighted by Crippen LogP contribution is -2.41. The molecule has 2 aliphatic heterocycles. The van der Waals surface area contributed by atoms with Gasteiger partial charge in [0.25, 0.3) is 0 Å². The van der Waals surface area contributed by atoms with Crippen LogP contribution in [-0.4, -0.2) is 42.2 Å². The molecule has 0 saturated carbocycles. The molecule has 0 unspecified atom stereocenters. The molecule has 0 spiro atoms. The van der Waals surface area contributed by atoms with Crippen molar-refractivity contribution in [3.05, 3.63) is 42.6 Å². The van der Waals surface area contributed by atoms with Crippen LogP contribution in [-0.2, 0) is 9.59 Å². The van der Waals surface area contributed by atoms with Crippen molar-refractivity contribution in [3.63, 3.8) is 0 Å². The van der Waals surface area contributed by atoms with Crippen molar-refractivity contribution in [3.8, 4) is 0 Å². The van der Waals surface area contributed by atoms with E-state index in [1.54, 1.807) is 11.1 Å². The zero-order valence-electron chi connectivity index (χ0n) is 15.1. The summed E-state index contributed by atoms with van der Waals surface area (Å²) in [5, 5.41) is 2.96. The maximum absolute atomic E-state index is 12.7. The number of nitrogens with zero attached hydrogens (tertiary/aromatic N) is 3. The summed E-state index contributed by atoms with van der Waals surface area (Å²) in [5.41, 5.74) is 1.51. The van der Waals surface area contributed by atoms with E-state index in [2.05, 4.69) is 15.2 Å². The summed E-state index contributed by atoms with van der Waals surface area (Å²) in [6.45, 7) is 1.91. The first kappa shape index (κ1) is 17.9. The van der Waals surface area contributed by atoms with Crippen LogP contribution in [0.5, 0.6) is 0 Å². The van der Waals surface area contributed by atoms with Gasteiger partial charge in [-0.05, 0) is 43.5 Å². The highest BCUT2D eigenvalue weighted by molar-refractivity contribution is 8.00. The number of carbonyl (C=O) groups is 2. The Morgan fingerprint density at radius 1 is 1.11 bits per heavy atom. The van der Waals surface area contributed by atoms with Crippen molar-refractivity contribution < 1.29 is 9.59 Å². The summed E-state index contributed by atoms with van der Waals surface area (Å²) < 4.78 is 0. The second-order valence-electron chi connectivity index (χ2n) is 6.71. The van der Waals surface area contributed by atoms with Gasteiger partial charge in [0.1, 0.15) is 6.54 Å². The first-order chi connectivity index (χ1) is 13.2. The molecule has 1 aromatic heterocycles. The second-order valence-corrected chi connectivity index (χ2v) is 7.72. The van der Waals surface area contributed by atoms with Crippen molar-refractivity contribution >= 4 is 40.8 Å². The molecule has 1 saturated heterocycles. The average molecular weight is 382 g/mol. The van der Waals surface area contributed by atoms with Crippen LogP contribution in [0.3, 0.4) is 0 Å². The third-order valence-corrected chi connectivity index (χ3v) is 5.87. The molecular weight excluding hydrogens is 360 g/mol. The van der Waals surface area contributed by atoms with Gasteiger partial charge in [0.05, 0.1) is 17.1 Å². The minimum Gasteiger partial charge on any atom is -0.355 e. The van der Waals surface area contributed by atoms with E-state index >= 15 is 0 Å². The predicted octanol–water partition coefficient (Wildman–Crippen LogP) is 3.15. The number of hydrogen-bond acceptors (Lipinski definition) is 5. The Bertz CT molecular complexity index is 851. The molecule has 0 bridgehead atoms. The predicted molar refractivity (Wildman–Crippen MR) is 108 cm³/mol. The number of rotatable bonds is 4. The largest absolute Gasteiger partial charge is 0.355 e. The van der Waals surface area contributed by atoms with Crippen LogP contribution in [0, 0.1) is 0 Å². The molecule has 1 aromatic carbocycles. The van der Waals surface area contributed by atoms with Crippen molar-refractivity contribution in [1.29, 1.82) is 0 Å². The fraction of sp³-hybridized carbons (Fsp3) is 0.350. The van der Waals surface area contributed by atoms with Crippen LogP contribution in [0.1, 0.15) is 19.3 Å². The Morgan fingerprint density at radius 2 is 1.93 bits per heavy atom. The summed E-state index contributed by atoms with van der Waals surface area (Å²) in [6, 6.07) is 11.4. The minimum absolute atomic E-state index is 0.00470. The third kappa shape index (κ3) is 3.93. The number of nitrogens with one attached hydrogen (secondary N) is 1. The molecule has 1 fully saturated rings. The number of amides is 2. The zero-order valence-corrected chi connectivity index (χ0v) is 15.9. The Balaban J connectivity index is 1.50. The van der Waals surface area contributed by atoms with Crippen LogP contribution in [0.4, 0.5) is 17.2 Å². The number of para-hydroxylation sites is 1. The Hall–Kier alpha value is -2.54. The lowest BCUT2D eigenvalue weighted by atomic mass is 10.1. The number of fused-ring (bicyclic) bond motifs is 1. The van der Waals surface area contributed by atoms with Crippen molar-refractivity contribution in [2.45, 2.75) is 24.2 Å². The molecule has 27 heavy (non-hydrogen) atoms. The van der Waals surface area contributed by atoms with E-state index in [0.717, 1.165) is 42.3 Å². The zero-order chi connectivity index (χ0) is 18.6. The van der Waals surface area contributed by atoms with Gasteiger partial charge in [-0.1, -0.05) is 12.1 Å². The molecule has 4 rings (SSSR count). The molecular formula is C20H22N4O2S. The Labute approximate surface area is 162 Å². The minimum atomic E-state index is -0.212. The summed E-state index contributed by atoms with van der Waals surface area (Å²) in [7, 11) is 0. The molecule has 140 valence electrons. The standard InChI is InChI=1S/C20H22N4O2S/c25-18(13-24-16-8-2-3-9-17(16)27-14-19(24)26)22-15-7-6-10-21-20(15)23-11-4-1-5-12-23/h2-3,6-10H,1,4-5,11-14H2,(H,22,25). The Kier molecular flexibility index (Phi) is 5.29. The molecule has 2 aromatic rings. The Morgan fingerprint density at radius 3 is 2.78 bits per heavy atom. The van der Waals surface area contributed by atoms with Gasteiger partial charge in [0, 0.05) is 24.2 Å². The fourth-order valence-corrected chi connectivity index (χ4v) is 4.45. The van der Waals surface area contributed by atoms with E-state index in [9.17, 15) is 9.59 Å². The van der Waals surface area contributed by atoms with Crippen LogP contribution in [0.25, 0.3) is 0 Å². The number of pyridine rings is 1. The average Bonchev–Trinajstić information content (AvgIpc) is 2.71. The van der Waals surface area contributed by atoms with E-state index in [1.165, 1.54) is 18.2 Å². The quantitative estimate of drug-likeness (QED) is 0.880. The van der Waals surface area contributed by atoms with E-state index < -0.39 is 0 Å². The normalized spacial score (nSPS) is 16.8. The van der Waals surface area contributed by atoms with Gasteiger partial charge in [-0.15, -0.1) is 11.8 Å². The first-order valence-electron chi connectivity index (χ1n) is 9.24. The number of benzene rings is 1. The van der Waals surface area contributed by atoms with E-state index in [4.69, 9.17) is 0 Å². The summed E-state index contributed by atoms with van der Waals surface area (Å²) in [4.78, 5) is 34.4. The van der Waals surface area contributed by atoms with Crippen LogP contribution in [0.2, 0.25) is 0 Å². The third-order valence-electron chi connectivity index (χ3n) is 4.83. The monoisotopic (exact) mass is 382 g/mol. The molecule has 6 nitrogen and oxygen atoms in total. The van der Waals surface area contributed by atoms with Gasteiger partial charge >= 0.3 is 0 Å². The van der Waals surface area contributed by atoms with E-state index in [1.807, 2.05) is 36.4 Å². The maximum atomic E-state index is 12.7. The molecule has 2 amide bonds. The lowest BCUT2D eigenvalue weighted by molar-refractivity contribution is -0.120. The number of hydrogen-bond donors (Lipinski definition) is 1. The van der Waals surface area contributed by atoms with Crippen LogP contribution >= 0.6 is 11.8 Å². The smallest absolute Gasteiger partial charge is 0.244 e. The molecule has 0 radical (unpaired) electrons. The lowest BCUT2D eigenvalue weighted by Gasteiger charge is -2.30. The highest BCUT2D eigenvalue weighted by Crippen LogP contribution is 2.35. The molecule has 7 heteroatoms. The molecule has 0 atom stereocenters. The highest BCUT2D eigenvalue weighted by Gasteiger charge is 2.26. The first-order valence-corrected chi connectivity index (χ1v) is 10.2. The topological polar surface area (TPSA) is 65.5 Å². The molecule has 0 aliphatic carbocycles. The van der Waals surface area contributed by atoms with Gasteiger partial charge in [-0.2, -0.15) is 0 Å². The number of carbonyl (C=O) groups excluding carboxylic acids is 2. The van der Waals surface area contributed by atoms with Gasteiger partial charge in [0.2, 0.25) is 11.8 Å². The second kappa shape index (κ2) is 8.00.